The topological polar surface area (TPSA) is 20.2 Å². The second-order valence-electron chi connectivity index (χ2n) is 2.29. The summed E-state index contributed by atoms with van der Waals surface area (Å²) < 4.78 is 0. The molecule has 1 aliphatic carbocycles. The van der Waals surface area contributed by atoms with Crippen LogP contribution >= 0.6 is 37.2 Å². The van der Waals surface area contributed by atoms with Gasteiger partial charge in [0.1, 0.15) is 0 Å². The summed E-state index contributed by atoms with van der Waals surface area (Å²) in [6, 6.07) is 0. The van der Waals surface area contributed by atoms with Gasteiger partial charge in [0.2, 0.25) is 0 Å². The van der Waals surface area contributed by atoms with Crippen molar-refractivity contribution in [2.45, 2.75) is 38.2 Å². The molecule has 0 saturated heterocycles. The van der Waals surface area contributed by atoms with Gasteiger partial charge in [0.15, 0.2) is 0 Å². The first-order valence-corrected chi connectivity index (χ1v) is 3.07. The van der Waals surface area contributed by atoms with Crippen molar-refractivity contribution < 1.29 is 23.7 Å². The molecule has 71 valence electrons. The van der Waals surface area contributed by atoms with E-state index in [1.807, 2.05) is 0 Å². The zero-order chi connectivity index (χ0) is 5.11. The number of aliphatic hydroxyl groups excluding tert-OH is 1. The molecule has 11 heavy (non-hydrogen) atoms. The van der Waals surface area contributed by atoms with Gasteiger partial charge in [0.25, 0.3) is 0 Å². The quantitative estimate of drug-likeness (QED) is 0.710. The monoisotopic (exact) mass is 259 g/mol. The van der Waals surface area contributed by atoms with Crippen molar-refractivity contribution in [2.75, 3.05) is 0 Å². The summed E-state index contributed by atoms with van der Waals surface area (Å²) in [5.74, 6) is 0. The van der Waals surface area contributed by atoms with Crippen molar-refractivity contribution in [1.29, 1.82) is 0 Å². The van der Waals surface area contributed by atoms with Gasteiger partial charge in [-0.25, -0.2) is 0 Å². The van der Waals surface area contributed by atoms with E-state index < -0.39 is 0 Å². The van der Waals surface area contributed by atoms with Crippen LogP contribution in [0.1, 0.15) is 32.1 Å². The summed E-state index contributed by atoms with van der Waals surface area (Å²) in [5.41, 5.74) is 0. The molecule has 1 radical (unpaired) electrons. The van der Waals surface area contributed by atoms with E-state index in [1.165, 1.54) is 19.3 Å². The van der Waals surface area contributed by atoms with Crippen LogP contribution in [0.5, 0.6) is 0 Å². The maximum atomic E-state index is 8.91. The van der Waals surface area contributed by atoms with Gasteiger partial charge < -0.3 is 5.11 Å². The Morgan fingerprint density at radius 3 is 1.36 bits per heavy atom. The van der Waals surface area contributed by atoms with Gasteiger partial charge in [-0.2, -0.15) is 0 Å². The van der Waals surface area contributed by atoms with Crippen LogP contribution in [0.4, 0.5) is 0 Å². The molecule has 0 aromatic carbocycles. The fourth-order valence-electron chi connectivity index (χ4n) is 1.08. The Kier molecular flexibility index (Phi) is 29.0. The Morgan fingerprint density at radius 2 is 1.18 bits per heavy atom. The molecule has 1 nitrogen and oxygen atoms in total. The van der Waals surface area contributed by atoms with Gasteiger partial charge in [-0.15, -0.1) is 37.2 Å². The third-order valence-corrected chi connectivity index (χ3v) is 1.57. The van der Waals surface area contributed by atoms with E-state index in [0.29, 0.717) is 0 Å². The van der Waals surface area contributed by atoms with E-state index in [1.54, 1.807) is 0 Å². The summed E-state index contributed by atoms with van der Waals surface area (Å²) in [7, 11) is 0. The Labute approximate surface area is 98.8 Å². The molecule has 1 fully saturated rings. The number of rotatable bonds is 0. The van der Waals surface area contributed by atoms with Crippen LogP contribution in [0, 0.1) is 0 Å². The molecule has 1 rings (SSSR count). The molecule has 0 unspecified atom stereocenters. The van der Waals surface area contributed by atoms with E-state index in [-0.39, 0.29) is 61.9 Å². The summed E-state index contributed by atoms with van der Waals surface area (Å²) in [6.45, 7) is 0. The standard InChI is InChI=1S/C6H12O.3ClH.V/c7-6-4-2-1-3-5-6;;;;/h6-7H,1-5H2;3*1H;. The fraction of sp³-hybridized carbons (Fsp3) is 1.00. The van der Waals surface area contributed by atoms with E-state index >= 15 is 0 Å². The van der Waals surface area contributed by atoms with Crippen LogP contribution in [-0.2, 0) is 18.6 Å². The Balaban J connectivity index is -0.0000000612. The molecule has 0 bridgehead atoms. The number of halogens is 3. The summed E-state index contributed by atoms with van der Waals surface area (Å²) in [6.07, 6.45) is 5.92. The van der Waals surface area contributed by atoms with Crippen molar-refractivity contribution in [3.05, 3.63) is 0 Å². The predicted octanol–water partition coefficient (Wildman–Crippen LogP) is 2.57. The first-order chi connectivity index (χ1) is 3.39. The molecule has 0 spiro atoms. The van der Waals surface area contributed by atoms with Crippen molar-refractivity contribution in [2.24, 2.45) is 0 Å². The van der Waals surface area contributed by atoms with Crippen molar-refractivity contribution in [3.63, 3.8) is 0 Å². The molecule has 1 saturated carbocycles. The molecule has 0 atom stereocenters. The SMILES string of the molecule is Cl.Cl.Cl.OC1CCCCC1.[V]. The largest absolute Gasteiger partial charge is 0.393 e. The molecule has 1 aliphatic rings. The number of aliphatic hydroxyl groups is 1. The van der Waals surface area contributed by atoms with Crippen LogP contribution in [0.15, 0.2) is 0 Å². The van der Waals surface area contributed by atoms with Gasteiger partial charge >= 0.3 is 0 Å². The number of hydrogen-bond acceptors (Lipinski definition) is 1. The van der Waals surface area contributed by atoms with Crippen molar-refractivity contribution in [1.82, 2.24) is 0 Å². The number of hydrogen-bond donors (Lipinski definition) is 1. The molecule has 0 aromatic heterocycles. The van der Waals surface area contributed by atoms with E-state index in [4.69, 9.17) is 5.11 Å². The third-order valence-electron chi connectivity index (χ3n) is 1.57. The van der Waals surface area contributed by atoms with Gasteiger partial charge in [0, 0.05) is 18.6 Å². The summed E-state index contributed by atoms with van der Waals surface area (Å²) in [4.78, 5) is 0. The zero-order valence-electron chi connectivity index (χ0n) is 6.23. The van der Waals surface area contributed by atoms with Crippen LogP contribution in [0.25, 0.3) is 0 Å². The molecule has 0 aromatic rings. The van der Waals surface area contributed by atoms with Crippen LogP contribution in [0.2, 0.25) is 0 Å². The minimum absolute atomic E-state index is 0. The minimum atomic E-state index is 0. The minimum Gasteiger partial charge on any atom is -0.393 e. The maximum Gasteiger partial charge on any atom is 0.0540 e. The fourth-order valence-corrected chi connectivity index (χ4v) is 1.08. The first kappa shape index (κ1) is 22.8. The second-order valence-corrected chi connectivity index (χ2v) is 2.29. The molecule has 5 heteroatoms. The van der Waals surface area contributed by atoms with Crippen LogP contribution in [-0.4, -0.2) is 11.2 Å². The van der Waals surface area contributed by atoms with Gasteiger partial charge in [0.05, 0.1) is 6.10 Å². The van der Waals surface area contributed by atoms with Gasteiger partial charge in [-0.1, -0.05) is 19.3 Å². The molecule has 0 heterocycles. The van der Waals surface area contributed by atoms with Gasteiger partial charge in [-0.05, 0) is 12.8 Å². The molecule has 0 amide bonds. The predicted molar refractivity (Wildman–Crippen MR) is 50.8 cm³/mol. The van der Waals surface area contributed by atoms with Crippen molar-refractivity contribution in [3.8, 4) is 0 Å². The maximum absolute atomic E-state index is 8.91. The Hall–Kier alpha value is 1.41. The zero-order valence-corrected chi connectivity index (χ0v) is 10.1. The summed E-state index contributed by atoms with van der Waals surface area (Å²) in [5, 5.41) is 8.91. The molecular weight excluding hydrogens is 245 g/mol. The second kappa shape index (κ2) is 14.0. The average molecular weight is 260 g/mol. The molecule has 0 aliphatic heterocycles. The Morgan fingerprint density at radius 1 is 0.818 bits per heavy atom. The average Bonchev–Trinajstić information content (AvgIpc) is 1.69. The normalized spacial score (nSPS) is 16.1. The first-order valence-electron chi connectivity index (χ1n) is 3.07. The van der Waals surface area contributed by atoms with E-state index in [2.05, 4.69) is 0 Å². The van der Waals surface area contributed by atoms with Crippen LogP contribution < -0.4 is 0 Å². The van der Waals surface area contributed by atoms with Gasteiger partial charge in [-0.3, -0.25) is 0 Å². The Bertz CT molecular complexity index is 59.8. The summed E-state index contributed by atoms with van der Waals surface area (Å²) >= 11 is 0. The van der Waals surface area contributed by atoms with Crippen molar-refractivity contribution >= 4 is 37.2 Å². The smallest absolute Gasteiger partial charge is 0.0540 e. The van der Waals surface area contributed by atoms with E-state index in [0.717, 1.165) is 12.8 Å². The van der Waals surface area contributed by atoms with E-state index in [9.17, 15) is 0 Å². The van der Waals surface area contributed by atoms with Crippen LogP contribution in [0.3, 0.4) is 0 Å². The third kappa shape index (κ3) is 11.4. The molecular formula is C6H15Cl3OV. The molecule has 1 N–H and O–H groups in total.